The second-order valence-corrected chi connectivity index (χ2v) is 8.28. The van der Waals surface area contributed by atoms with Gasteiger partial charge in [-0.05, 0) is 32.1 Å². The third kappa shape index (κ3) is 4.73. The molecule has 0 spiro atoms. The molecule has 1 N–H and O–H groups in total. The van der Waals surface area contributed by atoms with Crippen molar-refractivity contribution in [3.8, 4) is 0 Å². The van der Waals surface area contributed by atoms with E-state index < -0.39 is 9.84 Å². The third-order valence-corrected chi connectivity index (χ3v) is 6.23. The number of carbonyl (C=O) groups is 1. The van der Waals surface area contributed by atoms with Crippen LogP contribution in [0, 0.1) is 5.92 Å². The normalized spacial score (nSPS) is 26.0. The number of urea groups is 1. The minimum atomic E-state index is -2.96. The molecule has 0 bridgehead atoms. The van der Waals surface area contributed by atoms with Gasteiger partial charge < -0.3 is 10.2 Å². The number of carbonyl (C=O) groups excluding carboxylic acids is 1. The van der Waals surface area contributed by atoms with Crippen molar-refractivity contribution < 1.29 is 13.2 Å². The summed E-state index contributed by atoms with van der Waals surface area (Å²) in [5, 5.41) is 2.80. The van der Waals surface area contributed by atoms with E-state index in [1.807, 2.05) is 6.92 Å². The molecule has 2 amide bonds. The van der Waals surface area contributed by atoms with Crippen molar-refractivity contribution in [1.29, 1.82) is 0 Å². The number of allylic oxidation sites excluding steroid dienone is 1. The molecule has 1 unspecified atom stereocenters. The summed E-state index contributed by atoms with van der Waals surface area (Å²) < 4.78 is 23.1. The molecule has 1 aliphatic heterocycles. The minimum Gasteiger partial charge on any atom is -0.321 e. The van der Waals surface area contributed by atoms with Crippen molar-refractivity contribution >= 4 is 15.9 Å². The van der Waals surface area contributed by atoms with Gasteiger partial charge >= 0.3 is 6.03 Å². The van der Waals surface area contributed by atoms with Crippen LogP contribution in [0.4, 0.5) is 4.79 Å². The first-order valence-electron chi connectivity index (χ1n) is 7.96. The highest BCUT2D eigenvalue weighted by molar-refractivity contribution is 7.91. The Balaban J connectivity index is 1.84. The van der Waals surface area contributed by atoms with Gasteiger partial charge in [-0.25, -0.2) is 13.2 Å². The van der Waals surface area contributed by atoms with Gasteiger partial charge in [-0.2, -0.15) is 0 Å². The number of hydrogen-bond donors (Lipinski definition) is 1. The molecule has 1 saturated carbocycles. The summed E-state index contributed by atoms with van der Waals surface area (Å²) in [6.07, 6.45) is 10.6. The van der Waals surface area contributed by atoms with E-state index in [0.717, 1.165) is 0 Å². The van der Waals surface area contributed by atoms with Crippen molar-refractivity contribution in [1.82, 2.24) is 10.2 Å². The average molecular weight is 314 g/mol. The molecule has 1 aliphatic carbocycles. The van der Waals surface area contributed by atoms with Crippen LogP contribution in [-0.4, -0.2) is 43.4 Å². The summed E-state index contributed by atoms with van der Waals surface area (Å²) in [6.45, 7) is 2.42. The standard InChI is InChI=1S/C15H26N2O3S/c1-2-17(14-9-11-21(19,20)12-14)15(18)16-10-8-13-6-4-3-5-7-13/h8,10,13-14H,2-7,9,11-12H2,1H3,(H,16,18)/b10-8+. The molecular formula is C15H26N2O3S. The molecule has 2 aliphatic rings. The summed E-state index contributed by atoms with van der Waals surface area (Å²) in [7, 11) is -2.96. The summed E-state index contributed by atoms with van der Waals surface area (Å²) in [6, 6.07) is -0.366. The van der Waals surface area contributed by atoms with Crippen LogP contribution in [0.1, 0.15) is 45.4 Å². The SMILES string of the molecule is CCN(C(=O)N/C=C/C1CCCCC1)C1CCS(=O)(=O)C1. The number of nitrogens with zero attached hydrogens (tertiary/aromatic N) is 1. The van der Waals surface area contributed by atoms with E-state index in [0.29, 0.717) is 18.9 Å². The zero-order valence-corrected chi connectivity index (χ0v) is 13.6. The first-order chi connectivity index (χ1) is 10.0. The molecule has 1 heterocycles. The Hall–Kier alpha value is -1.04. The fourth-order valence-corrected chi connectivity index (χ4v) is 4.98. The van der Waals surface area contributed by atoms with Crippen molar-refractivity contribution in [2.75, 3.05) is 18.1 Å². The lowest BCUT2D eigenvalue weighted by atomic mass is 9.89. The number of nitrogens with one attached hydrogen (secondary N) is 1. The van der Waals surface area contributed by atoms with E-state index in [2.05, 4.69) is 11.4 Å². The van der Waals surface area contributed by atoms with Crippen molar-refractivity contribution in [3.05, 3.63) is 12.3 Å². The maximum Gasteiger partial charge on any atom is 0.321 e. The first kappa shape index (κ1) is 16.3. The van der Waals surface area contributed by atoms with E-state index >= 15 is 0 Å². The molecule has 0 aromatic rings. The Morgan fingerprint density at radius 1 is 1.24 bits per heavy atom. The first-order valence-corrected chi connectivity index (χ1v) is 9.78. The number of sulfone groups is 1. The smallest absolute Gasteiger partial charge is 0.321 e. The molecule has 2 fully saturated rings. The Morgan fingerprint density at radius 2 is 1.95 bits per heavy atom. The maximum atomic E-state index is 12.2. The third-order valence-electron chi connectivity index (χ3n) is 4.48. The highest BCUT2D eigenvalue weighted by Crippen LogP contribution is 2.24. The molecule has 0 aromatic carbocycles. The molecule has 1 atom stereocenters. The second-order valence-electron chi connectivity index (χ2n) is 6.05. The fraction of sp³-hybridized carbons (Fsp3) is 0.800. The van der Waals surface area contributed by atoms with Gasteiger partial charge in [0.2, 0.25) is 0 Å². The van der Waals surface area contributed by atoms with Crippen LogP contribution in [0.3, 0.4) is 0 Å². The van der Waals surface area contributed by atoms with Crippen LogP contribution in [-0.2, 0) is 9.84 Å². The Bertz CT molecular complexity index is 481. The van der Waals surface area contributed by atoms with Crippen LogP contribution in [0.25, 0.3) is 0 Å². The Kier molecular flexibility index (Phi) is 5.67. The molecule has 120 valence electrons. The molecular weight excluding hydrogens is 288 g/mol. The molecule has 6 heteroatoms. The lowest BCUT2D eigenvalue weighted by Gasteiger charge is -2.26. The van der Waals surface area contributed by atoms with E-state index in [1.165, 1.54) is 32.1 Å². The van der Waals surface area contributed by atoms with Crippen LogP contribution in [0.5, 0.6) is 0 Å². The Labute approximate surface area is 127 Å². The van der Waals surface area contributed by atoms with Crippen LogP contribution < -0.4 is 5.32 Å². The summed E-state index contributed by atoms with van der Waals surface area (Å²) in [5.41, 5.74) is 0. The highest BCUT2D eigenvalue weighted by Gasteiger charge is 2.33. The monoisotopic (exact) mass is 314 g/mol. The number of amides is 2. The van der Waals surface area contributed by atoms with Crippen molar-refractivity contribution in [2.24, 2.45) is 5.92 Å². The predicted octanol–water partition coefficient (Wildman–Crippen LogP) is 2.30. The molecule has 21 heavy (non-hydrogen) atoms. The topological polar surface area (TPSA) is 66.5 Å². The van der Waals surface area contributed by atoms with Crippen molar-refractivity contribution in [3.63, 3.8) is 0 Å². The van der Waals surface area contributed by atoms with Gasteiger partial charge in [-0.3, -0.25) is 0 Å². The van der Waals surface area contributed by atoms with Crippen molar-refractivity contribution in [2.45, 2.75) is 51.5 Å². The lowest BCUT2D eigenvalue weighted by Crippen LogP contribution is -2.45. The van der Waals surface area contributed by atoms with E-state index in [4.69, 9.17) is 0 Å². The van der Waals surface area contributed by atoms with Gasteiger partial charge in [0.25, 0.3) is 0 Å². The summed E-state index contributed by atoms with van der Waals surface area (Å²) in [5.74, 6) is 0.862. The largest absolute Gasteiger partial charge is 0.321 e. The van der Waals surface area contributed by atoms with Gasteiger partial charge in [-0.15, -0.1) is 0 Å². The molecule has 0 radical (unpaired) electrons. The van der Waals surface area contributed by atoms with E-state index in [9.17, 15) is 13.2 Å². The zero-order valence-electron chi connectivity index (χ0n) is 12.8. The van der Waals surface area contributed by atoms with Gasteiger partial charge in [0.15, 0.2) is 9.84 Å². The van der Waals surface area contributed by atoms with Crippen LogP contribution >= 0.6 is 0 Å². The molecule has 0 aromatic heterocycles. The predicted molar refractivity (Wildman–Crippen MR) is 83.7 cm³/mol. The molecule has 5 nitrogen and oxygen atoms in total. The highest BCUT2D eigenvalue weighted by atomic mass is 32.2. The second kappa shape index (κ2) is 7.29. The lowest BCUT2D eigenvalue weighted by molar-refractivity contribution is 0.187. The van der Waals surface area contributed by atoms with E-state index in [-0.39, 0.29) is 23.6 Å². The molecule has 2 rings (SSSR count). The summed E-state index contributed by atoms with van der Waals surface area (Å²) in [4.78, 5) is 13.8. The van der Waals surface area contributed by atoms with Crippen LogP contribution in [0.15, 0.2) is 12.3 Å². The maximum absolute atomic E-state index is 12.2. The van der Waals surface area contributed by atoms with Gasteiger partial charge in [-0.1, -0.05) is 25.3 Å². The van der Waals surface area contributed by atoms with Gasteiger partial charge in [0.05, 0.1) is 11.5 Å². The molecule has 1 saturated heterocycles. The number of hydrogen-bond acceptors (Lipinski definition) is 3. The van der Waals surface area contributed by atoms with Gasteiger partial charge in [0, 0.05) is 18.8 Å². The number of rotatable bonds is 4. The minimum absolute atomic E-state index is 0.0978. The quantitative estimate of drug-likeness (QED) is 0.866. The average Bonchev–Trinajstić information content (AvgIpc) is 2.81. The zero-order chi connectivity index (χ0) is 15.3. The Morgan fingerprint density at radius 3 is 2.52 bits per heavy atom. The summed E-state index contributed by atoms with van der Waals surface area (Å²) >= 11 is 0. The van der Waals surface area contributed by atoms with Crippen LogP contribution in [0.2, 0.25) is 0 Å². The van der Waals surface area contributed by atoms with Gasteiger partial charge in [0.1, 0.15) is 0 Å². The fourth-order valence-electron chi connectivity index (χ4n) is 3.25. The van der Waals surface area contributed by atoms with E-state index in [1.54, 1.807) is 11.1 Å².